The number of aryl methyl sites for hydroxylation is 1. The van der Waals surface area contributed by atoms with Crippen molar-refractivity contribution in [2.75, 3.05) is 0 Å². The summed E-state index contributed by atoms with van der Waals surface area (Å²) in [7, 11) is 0. The van der Waals surface area contributed by atoms with E-state index in [0.717, 1.165) is 11.3 Å². The molecular weight excluding hydrogens is 209 g/mol. The van der Waals surface area contributed by atoms with E-state index >= 15 is 0 Å². The summed E-state index contributed by atoms with van der Waals surface area (Å²) in [6, 6.07) is 4.25. The summed E-state index contributed by atoms with van der Waals surface area (Å²) in [6.45, 7) is 1.60. The van der Waals surface area contributed by atoms with Crippen molar-refractivity contribution in [3.8, 4) is 0 Å². The molecule has 2 rings (SSSR count). The average molecular weight is 216 g/mol. The summed E-state index contributed by atoms with van der Waals surface area (Å²) < 4.78 is 38.4. The minimum absolute atomic E-state index is 0.0145. The molecule has 0 radical (unpaired) electrons. The van der Waals surface area contributed by atoms with Crippen LogP contribution in [0.15, 0.2) is 18.2 Å². The Morgan fingerprint density at radius 2 is 2.00 bits per heavy atom. The molecule has 0 saturated heterocycles. The van der Waals surface area contributed by atoms with E-state index in [4.69, 9.17) is 0 Å². The molecule has 0 atom stereocenters. The quantitative estimate of drug-likeness (QED) is 0.667. The van der Waals surface area contributed by atoms with Crippen LogP contribution in [0.25, 0.3) is 10.1 Å². The first-order valence-corrected chi connectivity index (χ1v) is 4.88. The van der Waals surface area contributed by atoms with Crippen molar-refractivity contribution >= 4 is 21.4 Å². The number of fused-ring (bicyclic) bond motifs is 1. The second-order valence-electron chi connectivity index (χ2n) is 3.05. The molecule has 0 N–H and O–H groups in total. The fourth-order valence-electron chi connectivity index (χ4n) is 1.46. The molecule has 1 aromatic carbocycles. The molecule has 4 heteroatoms. The van der Waals surface area contributed by atoms with Crippen LogP contribution < -0.4 is 0 Å². The molecule has 1 heterocycles. The molecule has 74 valence electrons. The Hall–Kier alpha value is -1.03. The highest BCUT2D eigenvalue weighted by atomic mass is 32.1. The molecule has 2 aromatic rings. The minimum Gasteiger partial charge on any atom is -0.205 e. The smallest absolute Gasteiger partial charge is 0.205 e. The van der Waals surface area contributed by atoms with Crippen molar-refractivity contribution < 1.29 is 13.2 Å². The molecule has 0 amide bonds. The number of rotatable bonds is 1. The third-order valence-corrected chi connectivity index (χ3v) is 3.24. The van der Waals surface area contributed by atoms with E-state index in [2.05, 4.69) is 0 Å². The Balaban J connectivity index is 2.74. The van der Waals surface area contributed by atoms with Gasteiger partial charge in [-0.05, 0) is 23.9 Å². The Kier molecular flexibility index (Phi) is 2.23. The van der Waals surface area contributed by atoms with Gasteiger partial charge < -0.3 is 0 Å². The van der Waals surface area contributed by atoms with Crippen LogP contribution in [-0.4, -0.2) is 0 Å². The van der Waals surface area contributed by atoms with Crippen LogP contribution in [0.4, 0.5) is 13.2 Å². The number of hydrogen-bond acceptors (Lipinski definition) is 1. The van der Waals surface area contributed by atoms with Crippen LogP contribution in [0.1, 0.15) is 17.6 Å². The van der Waals surface area contributed by atoms with Gasteiger partial charge in [-0.2, -0.15) is 4.39 Å². The molecule has 0 unspecified atom stereocenters. The molecule has 0 aliphatic rings. The summed E-state index contributed by atoms with van der Waals surface area (Å²) in [5.41, 5.74) is 0.464. The van der Waals surface area contributed by atoms with Crippen LogP contribution in [-0.2, 0) is 0 Å². The SMILES string of the molecule is Cc1c(C(F)F)ccc2cc(F)sc12. The maximum absolute atomic E-state index is 12.9. The van der Waals surface area contributed by atoms with Crippen molar-refractivity contribution in [2.24, 2.45) is 0 Å². The number of benzene rings is 1. The summed E-state index contributed by atoms with van der Waals surface area (Å²) in [6.07, 6.45) is -2.50. The summed E-state index contributed by atoms with van der Waals surface area (Å²) in [5, 5.41) is 0.351. The van der Waals surface area contributed by atoms with E-state index in [0.29, 0.717) is 15.6 Å². The van der Waals surface area contributed by atoms with Gasteiger partial charge in [-0.15, -0.1) is 11.3 Å². The third-order valence-electron chi connectivity index (χ3n) is 2.18. The van der Waals surface area contributed by atoms with Gasteiger partial charge in [0.1, 0.15) is 0 Å². The van der Waals surface area contributed by atoms with Crippen molar-refractivity contribution in [3.05, 3.63) is 34.5 Å². The molecular formula is C10H7F3S. The maximum atomic E-state index is 12.9. The normalized spacial score (nSPS) is 11.5. The zero-order valence-corrected chi connectivity index (χ0v) is 8.17. The Labute approximate surface area is 83.0 Å². The molecule has 1 aromatic heterocycles. The Morgan fingerprint density at radius 1 is 1.29 bits per heavy atom. The lowest BCUT2D eigenvalue weighted by Crippen LogP contribution is -1.88. The van der Waals surface area contributed by atoms with Crippen LogP contribution in [0, 0.1) is 12.1 Å². The van der Waals surface area contributed by atoms with Crippen molar-refractivity contribution in [3.63, 3.8) is 0 Å². The first-order chi connectivity index (χ1) is 6.59. The average Bonchev–Trinajstić information content (AvgIpc) is 2.46. The van der Waals surface area contributed by atoms with Gasteiger partial charge in [0, 0.05) is 10.3 Å². The summed E-state index contributed by atoms with van der Waals surface area (Å²) in [4.78, 5) is 0. The molecule has 0 aliphatic heterocycles. The highest BCUT2D eigenvalue weighted by molar-refractivity contribution is 7.17. The predicted molar refractivity (Wildman–Crippen MR) is 51.5 cm³/mol. The van der Waals surface area contributed by atoms with Crippen molar-refractivity contribution in [1.29, 1.82) is 0 Å². The van der Waals surface area contributed by atoms with E-state index in [-0.39, 0.29) is 10.7 Å². The number of thiophene rings is 1. The summed E-state index contributed by atoms with van der Waals surface area (Å²) >= 11 is 0.910. The van der Waals surface area contributed by atoms with Gasteiger partial charge in [0.25, 0.3) is 6.43 Å². The molecule has 0 aliphatic carbocycles. The van der Waals surface area contributed by atoms with Crippen LogP contribution in [0.3, 0.4) is 0 Å². The maximum Gasteiger partial charge on any atom is 0.264 e. The van der Waals surface area contributed by atoms with E-state index in [9.17, 15) is 13.2 Å². The van der Waals surface area contributed by atoms with E-state index in [1.807, 2.05) is 0 Å². The van der Waals surface area contributed by atoms with Gasteiger partial charge in [0.15, 0.2) is 5.13 Å². The number of alkyl halides is 2. The molecule has 0 spiro atoms. The minimum atomic E-state index is -2.50. The van der Waals surface area contributed by atoms with Gasteiger partial charge in [-0.1, -0.05) is 12.1 Å². The van der Waals surface area contributed by atoms with E-state index in [1.165, 1.54) is 18.2 Å². The molecule has 0 fully saturated rings. The van der Waals surface area contributed by atoms with E-state index in [1.54, 1.807) is 6.92 Å². The number of halogens is 3. The third kappa shape index (κ3) is 1.39. The highest BCUT2D eigenvalue weighted by Gasteiger charge is 2.14. The van der Waals surface area contributed by atoms with Crippen LogP contribution >= 0.6 is 11.3 Å². The largest absolute Gasteiger partial charge is 0.264 e. The lowest BCUT2D eigenvalue weighted by atomic mass is 10.1. The first-order valence-electron chi connectivity index (χ1n) is 4.06. The highest BCUT2D eigenvalue weighted by Crippen LogP contribution is 2.33. The fourth-order valence-corrected chi connectivity index (χ4v) is 2.36. The lowest BCUT2D eigenvalue weighted by molar-refractivity contribution is 0.151. The zero-order valence-electron chi connectivity index (χ0n) is 7.35. The molecule has 14 heavy (non-hydrogen) atoms. The number of hydrogen-bond donors (Lipinski definition) is 0. The predicted octanol–water partition coefficient (Wildman–Crippen LogP) is 4.29. The lowest BCUT2D eigenvalue weighted by Gasteiger charge is -2.04. The van der Waals surface area contributed by atoms with Crippen LogP contribution in [0.5, 0.6) is 0 Å². The van der Waals surface area contributed by atoms with Crippen molar-refractivity contribution in [2.45, 2.75) is 13.3 Å². The molecule has 0 nitrogen and oxygen atoms in total. The topological polar surface area (TPSA) is 0 Å². The zero-order chi connectivity index (χ0) is 10.3. The van der Waals surface area contributed by atoms with Crippen LogP contribution in [0.2, 0.25) is 0 Å². The fraction of sp³-hybridized carbons (Fsp3) is 0.200. The van der Waals surface area contributed by atoms with Gasteiger partial charge in [-0.3, -0.25) is 0 Å². The standard InChI is InChI=1S/C10H7F3S/c1-5-7(10(12)13)3-2-6-4-8(11)14-9(5)6/h2-4,10H,1H3. The Morgan fingerprint density at radius 3 is 2.64 bits per heavy atom. The monoisotopic (exact) mass is 216 g/mol. The molecule has 0 saturated carbocycles. The van der Waals surface area contributed by atoms with E-state index < -0.39 is 6.43 Å². The van der Waals surface area contributed by atoms with Crippen molar-refractivity contribution in [1.82, 2.24) is 0 Å². The van der Waals surface area contributed by atoms with Gasteiger partial charge in [-0.25, -0.2) is 8.78 Å². The van der Waals surface area contributed by atoms with Gasteiger partial charge in [0.05, 0.1) is 0 Å². The van der Waals surface area contributed by atoms with Gasteiger partial charge in [0.2, 0.25) is 0 Å². The second kappa shape index (κ2) is 3.28. The first kappa shape index (κ1) is 9.52. The second-order valence-corrected chi connectivity index (χ2v) is 4.05. The summed E-state index contributed by atoms with van der Waals surface area (Å²) in [5.74, 6) is 0. The molecule has 0 bridgehead atoms. The van der Waals surface area contributed by atoms with Gasteiger partial charge >= 0.3 is 0 Å². The Bertz CT molecular complexity index is 473.